The molecule has 5 aromatic rings. The van der Waals surface area contributed by atoms with Crippen molar-refractivity contribution in [1.29, 1.82) is 0 Å². The lowest BCUT2D eigenvalue weighted by molar-refractivity contribution is 0.668. The van der Waals surface area contributed by atoms with Crippen molar-refractivity contribution in [1.82, 2.24) is 4.98 Å². The minimum absolute atomic E-state index is 0.852. The Morgan fingerprint density at radius 3 is 2.43 bits per heavy atom. The van der Waals surface area contributed by atoms with Crippen molar-refractivity contribution < 1.29 is 4.42 Å². The minimum atomic E-state index is 0.852. The summed E-state index contributed by atoms with van der Waals surface area (Å²) in [7, 11) is 0. The van der Waals surface area contributed by atoms with Crippen molar-refractivity contribution in [2.75, 3.05) is 0 Å². The molecule has 0 unspecified atom stereocenters. The smallest absolute Gasteiger partial charge is 0.161 e. The van der Waals surface area contributed by atoms with Gasteiger partial charge >= 0.3 is 0 Å². The van der Waals surface area contributed by atoms with Crippen LogP contribution >= 0.6 is 0 Å². The zero-order chi connectivity index (χ0) is 15.2. The van der Waals surface area contributed by atoms with Gasteiger partial charge in [0.15, 0.2) is 5.58 Å². The molecule has 0 saturated heterocycles. The summed E-state index contributed by atoms with van der Waals surface area (Å²) >= 11 is 0. The maximum atomic E-state index is 6.18. The summed E-state index contributed by atoms with van der Waals surface area (Å²) in [5.74, 6) is 0. The first-order valence-corrected chi connectivity index (χ1v) is 7.66. The van der Waals surface area contributed by atoms with E-state index in [2.05, 4.69) is 47.4 Å². The largest absolute Gasteiger partial charge is 0.454 e. The van der Waals surface area contributed by atoms with Crippen molar-refractivity contribution in [3.8, 4) is 11.3 Å². The monoisotopic (exact) mass is 295 g/mol. The molecule has 0 aliphatic heterocycles. The van der Waals surface area contributed by atoms with Gasteiger partial charge < -0.3 is 4.42 Å². The Kier molecular flexibility index (Phi) is 2.53. The minimum Gasteiger partial charge on any atom is -0.454 e. The van der Waals surface area contributed by atoms with Gasteiger partial charge in [-0.25, -0.2) is 0 Å². The van der Waals surface area contributed by atoms with E-state index in [4.69, 9.17) is 4.42 Å². The number of rotatable bonds is 1. The topological polar surface area (TPSA) is 26.0 Å². The Labute approximate surface area is 133 Å². The number of fused-ring (bicyclic) bond motifs is 5. The highest BCUT2D eigenvalue weighted by atomic mass is 16.3. The maximum absolute atomic E-state index is 6.18. The summed E-state index contributed by atoms with van der Waals surface area (Å²) < 4.78 is 6.18. The molecule has 0 radical (unpaired) electrons. The Bertz CT molecular complexity index is 1160. The number of aromatic nitrogens is 1. The van der Waals surface area contributed by atoms with Crippen molar-refractivity contribution in [3.63, 3.8) is 0 Å². The lowest BCUT2D eigenvalue weighted by Crippen LogP contribution is -1.83. The van der Waals surface area contributed by atoms with E-state index in [0.29, 0.717) is 0 Å². The van der Waals surface area contributed by atoms with E-state index in [-0.39, 0.29) is 0 Å². The van der Waals surface area contributed by atoms with Gasteiger partial charge in [0.25, 0.3) is 0 Å². The van der Waals surface area contributed by atoms with E-state index < -0.39 is 0 Å². The van der Waals surface area contributed by atoms with Gasteiger partial charge in [-0.1, -0.05) is 60.7 Å². The molecule has 0 fully saturated rings. The van der Waals surface area contributed by atoms with Gasteiger partial charge in [-0.2, -0.15) is 0 Å². The first-order chi connectivity index (χ1) is 11.4. The fourth-order valence-electron chi connectivity index (χ4n) is 3.27. The number of hydrogen-bond acceptors (Lipinski definition) is 2. The third-order valence-electron chi connectivity index (χ3n) is 4.32. The number of furan rings is 1. The molecule has 0 aliphatic carbocycles. The van der Waals surface area contributed by atoms with Crippen LogP contribution in [0.2, 0.25) is 0 Å². The molecule has 0 spiro atoms. The molecule has 108 valence electrons. The van der Waals surface area contributed by atoms with Crippen LogP contribution in [0.4, 0.5) is 0 Å². The van der Waals surface area contributed by atoms with E-state index >= 15 is 0 Å². The van der Waals surface area contributed by atoms with Crippen LogP contribution in [0.1, 0.15) is 0 Å². The molecule has 0 aliphatic rings. The zero-order valence-corrected chi connectivity index (χ0v) is 12.4. The van der Waals surface area contributed by atoms with E-state index in [0.717, 1.165) is 33.2 Å². The maximum Gasteiger partial charge on any atom is 0.161 e. The van der Waals surface area contributed by atoms with Gasteiger partial charge in [-0.3, -0.25) is 4.98 Å². The van der Waals surface area contributed by atoms with E-state index in [1.165, 1.54) is 10.8 Å². The summed E-state index contributed by atoms with van der Waals surface area (Å²) in [6.45, 7) is 0. The van der Waals surface area contributed by atoms with Gasteiger partial charge in [-0.05, 0) is 22.9 Å². The Morgan fingerprint density at radius 1 is 0.696 bits per heavy atom. The van der Waals surface area contributed by atoms with Gasteiger partial charge in [-0.15, -0.1) is 0 Å². The van der Waals surface area contributed by atoms with Crippen LogP contribution in [0.3, 0.4) is 0 Å². The van der Waals surface area contributed by atoms with Crippen LogP contribution in [0, 0.1) is 0 Å². The molecule has 23 heavy (non-hydrogen) atoms. The third kappa shape index (κ3) is 1.78. The standard InChI is InChI=1S/C21H13NO/c1-2-7-15(8-3-1)20-21-17(12-13-22-20)19-16-9-5-4-6-14(16)10-11-18(19)23-21/h1-13H. The second kappa shape index (κ2) is 4.68. The van der Waals surface area contributed by atoms with Crippen LogP contribution in [0.15, 0.2) is 83.4 Å². The average Bonchev–Trinajstić information content (AvgIpc) is 3.01. The summed E-state index contributed by atoms with van der Waals surface area (Å²) in [6.07, 6.45) is 1.86. The number of pyridine rings is 1. The van der Waals surface area contributed by atoms with Crippen LogP contribution in [-0.4, -0.2) is 4.98 Å². The van der Waals surface area contributed by atoms with Crippen molar-refractivity contribution in [2.24, 2.45) is 0 Å². The molecule has 0 bridgehead atoms. The van der Waals surface area contributed by atoms with Crippen molar-refractivity contribution in [2.45, 2.75) is 0 Å². The Balaban J connectivity index is 1.96. The van der Waals surface area contributed by atoms with Crippen LogP contribution in [-0.2, 0) is 0 Å². The average molecular weight is 295 g/mol. The predicted molar refractivity (Wildman–Crippen MR) is 94.5 cm³/mol. The van der Waals surface area contributed by atoms with Crippen molar-refractivity contribution >= 4 is 32.7 Å². The van der Waals surface area contributed by atoms with Gasteiger partial charge in [0, 0.05) is 22.5 Å². The lowest BCUT2D eigenvalue weighted by Gasteiger charge is -2.01. The summed E-state index contributed by atoms with van der Waals surface area (Å²) in [4.78, 5) is 4.56. The van der Waals surface area contributed by atoms with Crippen molar-refractivity contribution in [3.05, 3.63) is 79.0 Å². The predicted octanol–water partition coefficient (Wildman–Crippen LogP) is 5.80. The summed E-state index contributed by atoms with van der Waals surface area (Å²) in [6, 6.07) is 24.8. The molecule has 2 heteroatoms. The molecule has 2 nitrogen and oxygen atoms in total. The third-order valence-corrected chi connectivity index (χ3v) is 4.32. The SMILES string of the molecule is c1ccc(-c2nccc3c2oc2ccc4ccccc4c23)cc1. The second-order valence-corrected chi connectivity index (χ2v) is 5.66. The fraction of sp³-hybridized carbons (Fsp3) is 0. The summed E-state index contributed by atoms with van der Waals surface area (Å²) in [5.41, 5.74) is 3.72. The number of nitrogens with zero attached hydrogens (tertiary/aromatic N) is 1. The first-order valence-electron chi connectivity index (χ1n) is 7.66. The molecule has 0 amide bonds. The highest BCUT2D eigenvalue weighted by Crippen LogP contribution is 2.37. The molecule has 2 aromatic heterocycles. The zero-order valence-electron chi connectivity index (χ0n) is 12.4. The molecule has 0 N–H and O–H groups in total. The Morgan fingerprint density at radius 2 is 1.52 bits per heavy atom. The molecule has 5 rings (SSSR count). The van der Waals surface area contributed by atoms with Crippen LogP contribution in [0.25, 0.3) is 44.0 Å². The van der Waals surface area contributed by atoms with Crippen LogP contribution in [0.5, 0.6) is 0 Å². The molecular formula is C21H13NO. The number of benzene rings is 3. The van der Waals surface area contributed by atoms with Crippen LogP contribution < -0.4 is 0 Å². The molecule has 2 heterocycles. The first kappa shape index (κ1) is 12.4. The fourth-order valence-corrected chi connectivity index (χ4v) is 3.27. The van der Waals surface area contributed by atoms with E-state index in [9.17, 15) is 0 Å². The van der Waals surface area contributed by atoms with E-state index in [1.54, 1.807) is 0 Å². The normalized spacial score (nSPS) is 11.5. The number of hydrogen-bond donors (Lipinski definition) is 0. The van der Waals surface area contributed by atoms with Gasteiger partial charge in [0.2, 0.25) is 0 Å². The molecular weight excluding hydrogens is 282 g/mol. The highest BCUT2D eigenvalue weighted by Gasteiger charge is 2.14. The van der Waals surface area contributed by atoms with Gasteiger partial charge in [0.1, 0.15) is 11.3 Å². The molecule has 3 aromatic carbocycles. The lowest BCUT2D eigenvalue weighted by atomic mass is 10.0. The molecule has 0 saturated carbocycles. The summed E-state index contributed by atoms with van der Waals surface area (Å²) in [5, 5.41) is 4.72. The highest BCUT2D eigenvalue weighted by molar-refractivity contribution is 6.20. The second-order valence-electron chi connectivity index (χ2n) is 5.66. The Hall–Kier alpha value is -3.13. The molecule has 0 atom stereocenters. The quantitative estimate of drug-likeness (QED) is 0.390. The van der Waals surface area contributed by atoms with Gasteiger partial charge in [0.05, 0.1) is 0 Å². The van der Waals surface area contributed by atoms with E-state index in [1.807, 2.05) is 36.5 Å².